The molecule has 0 radical (unpaired) electrons. The molecule has 0 amide bonds. The summed E-state index contributed by atoms with van der Waals surface area (Å²) in [5.41, 5.74) is 5.84. The summed E-state index contributed by atoms with van der Waals surface area (Å²) in [6, 6.07) is -0.106. The third-order valence-corrected chi connectivity index (χ3v) is 4.93. The maximum Gasteiger partial charge on any atom is 0.264 e. The molecular formula is C17H37NO3S. The van der Waals surface area contributed by atoms with Crippen LogP contribution in [0.3, 0.4) is 0 Å². The first kappa shape index (κ1) is 21.9. The van der Waals surface area contributed by atoms with Crippen molar-refractivity contribution in [3.63, 3.8) is 0 Å². The van der Waals surface area contributed by atoms with Gasteiger partial charge < -0.3 is 5.73 Å². The van der Waals surface area contributed by atoms with Crippen molar-refractivity contribution in [2.75, 3.05) is 5.75 Å². The van der Waals surface area contributed by atoms with E-state index in [2.05, 4.69) is 6.92 Å². The Morgan fingerprint density at radius 1 is 0.773 bits per heavy atom. The smallest absolute Gasteiger partial charge is 0.264 e. The highest BCUT2D eigenvalue weighted by Crippen LogP contribution is 2.13. The second-order valence-corrected chi connectivity index (χ2v) is 8.08. The summed E-state index contributed by atoms with van der Waals surface area (Å²) in [5, 5.41) is 0. The molecule has 5 heteroatoms. The minimum atomic E-state index is -3.85. The van der Waals surface area contributed by atoms with Crippen molar-refractivity contribution in [3.8, 4) is 0 Å². The molecule has 0 saturated heterocycles. The predicted molar refractivity (Wildman–Crippen MR) is 94.7 cm³/mol. The first-order valence-corrected chi connectivity index (χ1v) is 10.8. The van der Waals surface area contributed by atoms with Crippen LogP contribution in [0, 0.1) is 0 Å². The molecule has 22 heavy (non-hydrogen) atoms. The molecule has 0 saturated carbocycles. The molecule has 0 aliphatic rings. The number of rotatable bonds is 16. The fraction of sp³-hybridized carbons (Fsp3) is 1.00. The number of unbranched alkanes of at least 4 members (excludes halogenated alkanes) is 11. The molecule has 1 atom stereocenters. The highest BCUT2D eigenvalue weighted by atomic mass is 32.2. The van der Waals surface area contributed by atoms with E-state index >= 15 is 0 Å². The highest BCUT2D eigenvalue weighted by molar-refractivity contribution is 7.85. The molecule has 3 N–H and O–H groups in total. The second kappa shape index (κ2) is 14.5. The van der Waals surface area contributed by atoms with Crippen LogP contribution in [0.15, 0.2) is 0 Å². The van der Waals surface area contributed by atoms with Crippen molar-refractivity contribution in [1.29, 1.82) is 0 Å². The van der Waals surface area contributed by atoms with E-state index in [0.29, 0.717) is 6.42 Å². The van der Waals surface area contributed by atoms with E-state index in [1.165, 1.54) is 70.6 Å². The Morgan fingerprint density at radius 2 is 1.18 bits per heavy atom. The molecular weight excluding hydrogens is 298 g/mol. The van der Waals surface area contributed by atoms with E-state index in [-0.39, 0.29) is 11.8 Å². The molecule has 0 aromatic carbocycles. The minimum Gasteiger partial charge on any atom is -0.328 e. The Bertz CT molecular complexity index is 331. The maximum atomic E-state index is 10.6. The van der Waals surface area contributed by atoms with Crippen LogP contribution in [0.5, 0.6) is 0 Å². The van der Waals surface area contributed by atoms with E-state index in [9.17, 15) is 8.42 Å². The Balaban J connectivity index is 3.20. The fourth-order valence-electron chi connectivity index (χ4n) is 2.69. The van der Waals surface area contributed by atoms with Gasteiger partial charge in [0.1, 0.15) is 0 Å². The normalized spacial score (nSPS) is 13.4. The van der Waals surface area contributed by atoms with Gasteiger partial charge in [-0.3, -0.25) is 4.55 Å². The van der Waals surface area contributed by atoms with Crippen LogP contribution in [0.1, 0.15) is 96.8 Å². The molecule has 0 rings (SSSR count). The van der Waals surface area contributed by atoms with Gasteiger partial charge in [-0.15, -0.1) is 0 Å². The van der Waals surface area contributed by atoms with Gasteiger partial charge in [0.25, 0.3) is 10.1 Å². The third kappa shape index (κ3) is 17.9. The van der Waals surface area contributed by atoms with Crippen molar-refractivity contribution in [1.82, 2.24) is 0 Å². The van der Waals surface area contributed by atoms with Gasteiger partial charge in [-0.25, -0.2) is 0 Å². The Morgan fingerprint density at radius 3 is 1.59 bits per heavy atom. The van der Waals surface area contributed by atoms with Crippen molar-refractivity contribution in [2.45, 2.75) is 103 Å². The van der Waals surface area contributed by atoms with E-state index < -0.39 is 10.1 Å². The van der Waals surface area contributed by atoms with Gasteiger partial charge in [-0.1, -0.05) is 84.0 Å². The van der Waals surface area contributed by atoms with E-state index in [0.717, 1.165) is 12.8 Å². The van der Waals surface area contributed by atoms with Crippen molar-refractivity contribution in [3.05, 3.63) is 0 Å². The van der Waals surface area contributed by atoms with Gasteiger partial charge in [-0.05, 0) is 12.8 Å². The van der Waals surface area contributed by atoms with E-state index in [4.69, 9.17) is 10.3 Å². The van der Waals surface area contributed by atoms with Gasteiger partial charge >= 0.3 is 0 Å². The van der Waals surface area contributed by atoms with Gasteiger partial charge in [-0.2, -0.15) is 8.42 Å². The molecule has 0 aromatic rings. The molecule has 0 heterocycles. The molecule has 0 spiro atoms. The average molecular weight is 336 g/mol. The molecule has 0 bridgehead atoms. The zero-order chi connectivity index (χ0) is 16.7. The highest BCUT2D eigenvalue weighted by Gasteiger charge is 2.09. The van der Waals surface area contributed by atoms with Gasteiger partial charge in [0.2, 0.25) is 0 Å². The van der Waals surface area contributed by atoms with Crippen LogP contribution >= 0.6 is 0 Å². The maximum absolute atomic E-state index is 10.6. The number of hydrogen-bond acceptors (Lipinski definition) is 3. The van der Waals surface area contributed by atoms with Crippen molar-refractivity contribution < 1.29 is 13.0 Å². The molecule has 0 aromatic heterocycles. The molecule has 4 nitrogen and oxygen atoms in total. The standard InChI is InChI=1S/C17H37NO3S/c1-2-3-4-5-6-7-8-9-10-11-12-13-14-17(18)15-16-22(19,20)21/h17H,2-16,18H2,1H3,(H,19,20,21). The lowest BCUT2D eigenvalue weighted by molar-refractivity contribution is 0.470. The minimum absolute atomic E-state index is 0.106. The van der Waals surface area contributed by atoms with Crippen LogP contribution in [0.2, 0.25) is 0 Å². The lowest BCUT2D eigenvalue weighted by atomic mass is 10.0. The average Bonchev–Trinajstić information content (AvgIpc) is 2.45. The van der Waals surface area contributed by atoms with Crippen LogP contribution in [0.25, 0.3) is 0 Å². The molecule has 0 aliphatic carbocycles. The zero-order valence-corrected chi connectivity index (χ0v) is 15.2. The summed E-state index contributed by atoms with van der Waals surface area (Å²) in [5.74, 6) is -0.216. The summed E-state index contributed by atoms with van der Waals surface area (Å²) in [6.45, 7) is 2.25. The summed E-state index contributed by atoms with van der Waals surface area (Å²) >= 11 is 0. The zero-order valence-electron chi connectivity index (χ0n) is 14.4. The Kier molecular flexibility index (Phi) is 14.4. The third-order valence-electron chi connectivity index (χ3n) is 4.18. The van der Waals surface area contributed by atoms with Crippen molar-refractivity contribution >= 4 is 10.1 Å². The monoisotopic (exact) mass is 335 g/mol. The topological polar surface area (TPSA) is 80.4 Å². The van der Waals surface area contributed by atoms with Crippen molar-refractivity contribution in [2.24, 2.45) is 5.73 Å². The quantitative estimate of drug-likeness (QED) is 0.317. The lowest BCUT2D eigenvalue weighted by Crippen LogP contribution is -2.23. The van der Waals surface area contributed by atoms with Crippen LogP contribution in [-0.4, -0.2) is 24.8 Å². The Hall–Kier alpha value is -0.130. The molecule has 0 fully saturated rings. The molecule has 0 aliphatic heterocycles. The number of hydrogen-bond donors (Lipinski definition) is 2. The predicted octanol–water partition coefficient (Wildman–Crippen LogP) is 4.68. The number of nitrogens with two attached hydrogens (primary N) is 1. The van der Waals surface area contributed by atoms with E-state index in [1.807, 2.05) is 0 Å². The van der Waals surface area contributed by atoms with Crippen LogP contribution in [-0.2, 0) is 10.1 Å². The molecule has 1 unspecified atom stereocenters. The first-order chi connectivity index (χ1) is 10.5. The van der Waals surface area contributed by atoms with Crippen LogP contribution in [0.4, 0.5) is 0 Å². The summed E-state index contributed by atoms with van der Waals surface area (Å²) in [6.07, 6.45) is 17.0. The summed E-state index contributed by atoms with van der Waals surface area (Å²) < 4.78 is 29.9. The largest absolute Gasteiger partial charge is 0.328 e. The first-order valence-electron chi connectivity index (χ1n) is 9.16. The fourth-order valence-corrected chi connectivity index (χ4v) is 3.29. The van der Waals surface area contributed by atoms with Gasteiger partial charge in [0, 0.05) is 6.04 Å². The summed E-state index contributed by atoms with van der Waals surface area (Å²) in [4.78, 5) is 0. The van der Waals surface area contributed by atoms with Crippen LogP contribution < -0.4 is 5.73 Å². The SMILES string of the molecule is CCCCCCCCCCCCCCC(N)CCS(=O)(=O)O. The second-order valence-electron chi connectivity index (χ2n) is 6.51. The van der Waals surface area contributed by atoms with Gasteiger partial charge in [0.15, 0.2) is 0 Å². The lowest BCUT2D eigenvalue weighted by Gasteiger charge is -2.10. The van der Waals surface area contributed by atoms with E-state index in [1.54, 1.807) is 0 Å². The Labute approximate surface area is 138 Å². The molecule has 134 valence electrons. The van der Waals surface area contributed by atoms with Gasteiger partial charge in [0.05, 0.1) is 5.75 Å². The summed E-state index contributed by atoms with van der Waals surface area (Å²) in [7, 11) is -3.85.